The van der Waals surface area contributed by atoms with Gasteiger partial charge in [-0.05, 0) is 37.5 Å². The maximum Gasteiger partial charge on any atom is 0.282 e. The molecule has 6 heteroatoms. The van der Waals surface area contributed by atoms with Crippen LogP contribution in [0.4, 0.5) is 0 Å². The summed E-state index contributed by atoms with van der Waals surface area (Å²) in [4.78, 5) is 0. The average Bonchev–Trinajstić information content (AvgIpc) is 2.67. The van der Waals surface area contributed by atoms with Crippen molar-refractivity contribution in [1.29, 1.82) is 0 Å². The number of piperidine rings is 1. The molecule has 0 spiro atoms. The van der Waals surface area contributed by atoms with Gasteiger partial charge in [0.15, 0.2) is 0 Å². The van der Waals surface area contributed by atoms with Gasteiger partial charge in [0.25, 0.3) is 10.2 Å². The molecule has 3 aliphatic heterocycles. The molecule has 0 aromatic carbocycles. The summed E-state index contributed by atoms with van der Waals surface area (Å²) >= 11 is 0. The summed E-state index contributed by atoms with van der Waals surface area (Å²) in [5.74, 6) is 0.935. The fourth-order valence-electron chi connectivity index (χ4n) is 4.08. The molecule has 0 aliphatic carbocycles. The first-order valence-corrected chi connectivity index (χ1v) is 9.36. The van der Waals surface area contributed by atoms with Gasteiger partial charge in [0.1, 0.15) is 0 Å². The largest absolute Gasteiger partial charge is 0.310 e. The third kappa shape index (κ3) is 2.89. The normalized spacial score (nSPS) is 40.7. The summed E-state index contributed by atoms with van der Waals surface area (Å²) in [6.07, 6.45) is 4.41. The number of fused-ring (bicyclic) bond motifs is 2. The second kappa shape index (κ2) is 5.55. The van der Waals surface area contributed by atoms with Crippen molar-refractivity contribution in [1.82, 2.24) is 13.9 Å². The number of rotatable bonds is 2. The zero-order chi connectivity index (χ0) is 14.3. The smallest absolute Gasteiger partial charge is 0.282 e. The van der Waals surface area contributed by atoms with E-state index < -0.39 is 10.2 Å². The van der Waals surface area contributed by atoms with E-state index in [2.05, 4.69) is 19.2 Å². The zero-order valence-electron chi connectivity index (χ0n) is 12.6. The highest BCUT2D eigenvalue weighted by Gasteiger charge is 2.39. The lowest BCUT2D eigenvalue weighted by Gasteiger charge is -2.37. The number of hydrogen-bond acceptors (Lipinski definition) is 3. The number of hydrogen-bond donors (Lipinski definition) is 1. The van der Waals surface area contributed by atoms with Crippen molar-refractivity contribution in [3.63, 3.8) is 0 Å². The predicted octanol–water partition coefficient (Wildman–Crippen LogP) is 1.04. The van der Waals surface area contributed by atoms with Crippen molar-refractivity contribution in [2.24, 2.45) is 11.8 Å². The zero-order valence-corrected chi connectivity index (χ0v) is 13.4. The third-order valence-corrected chi connectivity index (χ3v) is 6.91. The van der Waals surface area contributed by atoms with Crippen LogP contribution in [-0.2, 0) is 10.2 Å². The molecule has 5 nitrogen and oxygen atoms in total. The van der Waals surface area contributed by atoms with Crippen LogP contribution in [0.2, 0.25) is 0 Å². The number of nitrogens with zero attached hydrogens (tertiary/aromatic N) is 2. The second-order valence-electron chi connectivity index (χ2n) is 7.06. The molecule has 1 N–H and O–H groups in total. The van der Waals surface area contributed by atoms with Gasteiger partial charge in [-0.25, -0.2) is 0 Å². The predicted molar refractivity (Wildman–Crippen MR) is 79.6 cm³/mol. The Morgan fingerprint density at radius 2 is 1.55 bits per heavy atom. The molecule has 3 aliphatic rings. The van der Waals surface area contributed by atoms with Crippen LogP contribution in [0, 0.1) is 11.8 Å². The highest BCUT2D eigenvalue weighted by Crippen LogP contribution is 2.27. The lowest BCUT2D eigenvalue weighted by molar-refractivity contribution is 0.207. The summed E-state index contributed by atoms with van der Waals surface area (Å²) in [5.41, 5.74) is 0. The molecule has 3 heterocycles. The van der Waals surface area contributed by atoms with Crippen LogP contribution in [-0.4, -0.2) is 55.3 Å². The average molecular weight is 301 g/mol. The van der Waals surface area contributed by atoms with Crippen molar-refractivity contribution < 1.29 is 8.42 Å². The lowest BCUT2D eigenvalue weighted by atomic mass is 9.94. The van der Waals surface area contributed by atoms with Gasteiger partial charge in [0, 0.05) is 38.3 Å². The van der Waals surface area contributed by atoms with E-state index >= 15 is 0 Å². The standard InChI is InChI=1S/C14H27N3O2S/c1-11-7-12(2)9-17(8-11)20(18,19)16-6-5-13-3-4-14(10-16)15-13/h11-15H,3-10H2,1-2H3. The first kappa shape index (κ1) is 14.8. The molecule has 3 rings (SSSR count). The van der Waals surface area contributed by atoms with Crippen LogP contribution in [0.3, 0.4) is 0 Å². The Labute approximate surface area is 122 Å². The van der Waals surface area contributed by atoms with Crippen LogP contribution in [0.5, 0.6) is 0 Å². The Hall–Kier alpha value is -0.170. The van der Waals surface area contributed by atoms with Gasteiger partial charge in [-0.15, -0.1) is 0 Å². The molecule has 20 heavy (non-hydrogen) atoms. The van der Waals surface area contributed by atoms with Crippen molar-refractivity contribution in [2.45, 2.75) is 51.6 Å². The first-order chi connectivity index (χ1) is 9.45. The van der Waals surface area contributed by atoms with E-state index in [9.17, 15) is 8.42 Å². The minimum atomic E-state index is -3.27. The Morgan fingerprint density at radius 1 is 0.900 bits per heavy atom. The molecular weight excluding hydrogens is 274 g/mol. The highest BCUT2D eigenvalue weighted by atomic mass is 32.2. The minimum absolute atomic E-state index is 0.358. The van der Waals surface area contributed by atoms with E-state index in [1.807, 2.05) is 0 Å². The topological polar surface area (TPSA) is 52.7 Å². The van der Waals surface area contributed by atoms with Gasteiger partial charge >= 0.3 is 0 Å². The summed E-state index contributed by atoms with van der Waals surface area (Å²) in [6, 6.07) is 0.885. The molecule has 3 fully saturated rings. The monoisotopic (exact) mass is 301 g/mol. The number of nitrogens with one attached hydrogen (secondary N) is 1. The van der Waals surface area contributed by atoms with Crippen LogP contribution in [0.25, 0.3) is 0 Å². The van der Waals surface area contributed by atoms with E-state index in [1.165, 1.54) is 6.42 Å². The van der Waals surface area contributed by atoms with Crippen LogP contribution in [0.1, 0.15) is 39.5 Å². The SMILES string of the molecule is CC1CC(C)CN(S(=O)(=O)N2CCC3CCC(C2)N3)C1. The van der Waals surface area contributed by atoms with Gasteiger partial charge < -0.3 is 5.32 Å². The quantitative estimate of drug-likeness (QED) is 0.829. The molecule has 0 aromatic heterocycles. The maximum absolute atomic E-state index is 12.9. The third-order valence-electron chi connectivity index (χ3n) is 4.97. The van der Waals surface area contributed by atoms with Crippen molar-refractivity contribution >= 4 is 10.2 Å². The summed E-state index contributed by atoms with van der Waals surface area (Å²) in [6.45, 7) is 7.01. The van der Waals surface area contributed by atoms with Gasteiger partial charge in [0.2, 0.25) is 0 Å². The van der Waals surface area contributed by atoms with Crippen LogP contribution in [0.15, 0.2) is 0 Å². The second-order valence-corrected chi connectivity index (χ2v) is 8.98. The van der Waals surface area contributed by atoms with Crippen molar-refractivity contribution in [2.75, 3.05) is 26.2 Å². The van der Waals surface area contributed by atoms with E-state index in [4.69, 9.17) is 0 Å². The Kier molecular flexibility index (Phi) is 4.10. The molecule has 0 aromatic rings. The molecule has 0 saturated carbocycles. The molecular formula is C14H27N3O2S. The van der Waals surface area contributed by atoms with Crippen molar-refractivity contribution in [3.05, 3.63) is 0 Å². The van der Waals surface area contributed by atoms with Crippen LogP contribution < -0.4 is 5.32 Å². The fourth-order valence-corrected chi connectivity index (χ4v) is 5.99. The highest BCUT2D eigenvalue weighted by molar-refractivity contribution is 7.86. The van der Waals surface area contributed by atoms with Crippen LogP contribution >= 0.6 is 0 Å². The van der Waals surface area contributed by atoms with Gasteiger partial charge in [-0.1, -0.05) is 13.8 Å². The van der Waals surface area contributed by atoms with Gasteiger partial charge in [-0.2, -0.15) is 17.0 Å². The van der Waals surface area contributed by atoms with E-state index in [0.29, 0.717) is 50.1 Å². The first-order valence-electron chi connectivity index (χ1n) is 7.96. The molecule has 0 radical (unpaired) electrons. The molecule has 0 amide bonds. The molecule has 3 saturated heterocycles. The van der Waals surface area contributed by atoms with E-state index in [1.54, 1.807) is 8.61 Å². The lowest BCUT2D eigenvalue weighted by Crippen LogP contribution is -2.51. The Morgan fingerprint density at radius 3 is 2.25 bits per heavy atom. The van der Waals surface area contributed by atoms with Gasteiger partial charge in [-0.3, -0.25) is 0 Å². The Bertz CT molecular complexity index is 443. The fraction of sp³-hybridized carbons (Fsp3) is 1.00. The minimum Gasteiger partial charge on any atom is -0.310 e. The summed E-state index contributed by atoms with van der Waals surface area (Å²) < 4.78 is 29.2. The maximum atomic E-state index is 12.9. The molecule has 116 valence electrons. The van der Waals surface area contributed by atoms with Crippen molar-refractivity contribution in [3.8, 4) is 0 Å². The van der Waals surface area contributed by atoms with E-state index in [0.717, 1.165) is 19.3 Å². The van der Waals surface area contributed by atoms with E-state index in [-0.39, 0.29) is 0 Å². The molecule has 4 unspecified atom stereocenters. The molecule has 2 bridgehead atoms. The summed E-state index contributed by atoms with van der Waals surface area (Å²) in [5, 5.41) is 3.55. The van der Waals surface area contributed by atoms with Gasteiger partial charge in [0.05, 0.1) is 0 Å². The Balaban J connectivity index is 1.74. The summed E-state index contributed by atoms with van der Waals surface area (Å²) in [7, 11) is -3.27. The molecule has 4 atom stereocenters.